The number of amides is 4. The van der Waals surface area contributed by atoms with Crippen LogP contribution in [0.3, 0.4) is 0 Å². The van der Waals surface area contributed by atoms with Crippen molar-refractivity contribution < 1.29 is 23.9 Å². The SMILES string of the molecule is COc1cccc(C(=O)NCCNC(=O)c2ccc3c(c2)C(=O)N(C(C)C)C3=O)c1. The van der Waals surface area contributed by atoms with E-state index in [1.165, 1.54) is 30.2 Å². The second-order valence-electron chi connectivity index (χ2n) is 7.08. The molecule has 0 bridgehead atoms. The maximum absolute atomic E-state index is 12.5. The largest absolute Gasteiger partial charge is 0.497 e. The maximum Gasteiger partial charge on any atom is 0.261 e. The lowest BCUT2D eigenvalue weighted by Crippen LogP contribution is -2.36. The summed E-state index contributed by atoms with van der Waals surface area (Å²) in [7, 11) is 1.52. The van der Waals surface area contributed by atoms with Crippen LogP contribution >= 0.6 is 0 Å². The lowest BCUT2D eigenvalue weighted by Gasteiger charge is -2.17. The van der Waals surface area contributed by atoms with Crippen LogP contribution in [0.4, 0.5) is 0 Å². The summed E-state index contributed by atoms with van der Waals surface area (Å²) in [5.74, 6) is -0.839. The standard InChI is InChI=1S/C22H23N3O5/c1-13(2)25-21(28)17-8-7-15(12-18(17)22(25)29)20(27)24-10-9-23-19(26)14-5-4-6-16(11-14)30-3/h4-8,11-13H,9-10H2,1-3H3,(H,23,26)(H,24,27). The fourth-order valence-electron chi connectivity index (χ4n) is 3.19. The number of ether oxygens (including phenoxy) is 1. The van der Waals surface area contributed by atoms with Crippen LogP contribution in [0.25, 0.3) is 0 Å². The van der Waals surface area contributed by atoms with Gasteiger partial charge in [0.15, 0.2) is 0 Å². The number of nitrogens with zero attached hydrogens (tertiary/aromatic N) is 1. The molecule has 156 valence electrons. The first-order valence-electron chi connectivity index (χ1n) is 9.56. The van der Waals surface area contributed by atoms with E-state index in [2.05, 4.69) is 10.6 Å². The second kappa shape index (κ2) is 8.77. The molecule has 0 radical (unpaired) electrons. The van der Waals surface area contributed by atoms with E-state index in [1.807, 2.05) is 0 Å². The van der Waals surface area contributed by atoms with Gasteiger partial charge in [0.1, 0.15) is 5.75 Å². The normalized spacial score (nSPS) is 12.7. The number of nitrogens with one attached hydrogen (secondary N) is 2. The van der Waals surface area contributed by atoms with Crippen molar-refractivity contribution in [3.05, 3.63) is 64.7 Å². The van der Waals surface area contributed by atoms with E-state index in [-0.39, 0.29) is 42.1 Å². The first-order valence-corrected chi connectivity index (χ1v) is 9.56. The van der Waals surface area contributed by atoms with Gasteiger partial charge in [-0.1, -0.05) is 6.07 Å². The molecule has 0 saturated heterocycles. The number of carbonyl (C=O) groups is 4. The van der Waals surface area contributed by atoms with Crippen molar-refractivity contribution in [1.29, 1.82) is 0 Å². The van der Waals surface area contributed by atoms with Crippen molar-refractivity contribution in [3.63, 3.8) is 0 Å². The van der Waals surface area contributed by atoms with Crippen molar-refractivity contribution >= 4 is 23.6 Å². The lowest BCUT2D eigenvalue weighted by atomic mass is 10.1. The van der Waals surface area contributed by atoms with E-state index < -0.39 is 11.8 Å². The lowest BCUT2D eigenvalue weighted by molar-refractivity contribution is 0.0608. The maximum atomic E-state index is 12.5. The summed E-state index contributed by atoms with van der Waals surface area (Å²) in [6.07, 6.45) is 0. The molecule has 0 fully saturated rings. The number of imide groups is 1. The smallest absolute Gasteiger partial charge is 0.261 e. The van der Waals surface area contributed by atoms with E-state index in [9.17, 15) is 19.2 Å². The molecule has 2 N–H and O–H groups in total. The van der Waals surface area contributed by atoms with Crippen LogP contribution in [0.1, 0.15) is 55.3 Å². The molecule has 8 heteroatoms. The van der Waals surface area contributed by atoms with Crippen molar-refractivity contribution in [3.8, 4) is 5.75 Å². The Morgan fingerprint density at radius 1 is 0.900 bits per heavy atom. The van der Waals surface area contributed by atoms with Gasteiger partial charge in [-0.05, 0) is 50.2 Å². The predicted molar refractivity (Wildman–Crippen MR) is 110 cm³/mol. The fourth-order valence-corrected chi connectivity index (χ4v) is 3.19. The summed E-state index contributed by atoms with van der Waals surface area (Å²) in [5.41, 5.74) is 1.26. The monoisotopic (exact) mass is 409 g/mol. The second-order valence-corrected chi connectivity index (χ2v) is 7.08. The molecule has 0 aromatic heterocycles. The minimum atomic E-state index is -0.398. The van der Waals surface area contributed by atoms with Gasteiger partial charge in [-0.25, -0.2) is 0 Å². The number of fused-ring (bicyclic) bond motifs is 1. The summed E-state index contributed by atoms with van der Waals surface area (Å²) < 4.78 is 5.09. The highest BCUT2D eigenvalue weighted by atomic mass is 16.5. The van der Waals surface area contributed by atoms with Crippen LogP contribution in [0.5, 0.6) is 5.75 Å². The van der Waals surface area contributed by atoms with Gasteiger partial charge in [0.05, 0.1) is 18.2 Å². The van der Waals surface area contributed by atoms with E-state index in [1.54, 1.807) is 38.1 Å². The molecule has 8 nitrogen and oxygen atoms in total. The molecule has 2 aromatic carbocycles. The molecule has 2 aromatic rings. The molecule has 1 aliphatic heterocycles. The van der Waals surface area contributed by atoms with E-state index in [0.717, 1.165) is 0 Å². The molecule has 0 atom stereocenters. The highest BCUT2D eigenvalue weighted by molar-refractivity contribution is 6.22. The number of methoxy groups -OCH3 is 1. The zero-order chi connectivity index (χ0) is 21.8. The molecule has 0 unspecified atom stereocenters. The van der Waals surface area contributed by atoms with Crippen LogP contribution in [0, 0.1) is 0 Å². The van der Waals surface area contributed by atoms with Crippen LogP contribution in [0.2, 0.25) is 0 Å². The summed E-state index contributed by atoms with van der Waals surface area (Å²) >= 11 is 0. The molecular formula is C22H23N3O5. The molecule has 3 rings (SSSR count). The first kappa shape index (κ1) is 21.0. The summed E-state index contributed by atoms with van der Waals surface area (Å²) in [6, 6.07) is 10.9. The molecule has 1 heterocycles. The predicted octanol–water partition coefficient (Wildman–Crippen LogP) is 1.86. The zero-order valence-corrected chi connectivity index (χ0v) is 17.0. The molecule has 1 aliphatic rings. The van der Waals surface area contributed by atoms with Gasteiger partial charge < -0.3 is 15.4 Å². The molecule has 0 aliphatic carbocycles. The van der Waals surface area contributed by atoms with Gasteiger partial charge in [0.25, 0.3) is 23.6 Å². The van der Waals surface area contributed by atoms with E-state index in [0.29, 0.717) is 16.9 Å². The fraction of sp³-hybridized carbons (Fsp3) is 0.273. The Balaban J connectivity index is 1.56. The summed E-state index contributed by atoms with van der Waals surface area (Å²) in [4.78, 5) is 50.5. The molecule has 4 amide bonds. The quantitative estimate of drug-likeness (QED) is 0.537. The van der Waals surface area contributed by atoms with Crippen molar-refractivity contribution in [2.24, 2.45) is 0 Å². The topological polar surface area (TPSA) is 105 Å². The third kappa shape index (κ3) is 4.17. The number of hydrogen-bond acceptors (Lipinski definition) is 5. The minimum Gasteiger partial charge on any atom is -0.497 e. The minimum absolute atomic E-state index is 0.205. The Kier molecular flexibility index (Phi) is 6.15. The van der Waals surface area contributed by atoms with Gasteiger partial charge in [0.2, 0.25) is 0 Å². The average Bonchev–Trinajstić information content (AvgIpc) is 3.00. The number of benzene rings is 2. The van der Waals surface area contributed by atoms with Gasteiger partial charge in [0, 0.05) is 30.3 Å². The van der Waals surface area contributed by atoms with Crippen molar-refractivity contribution in [2.75, 3.05) is 20.2 Å². The van der Waals surface area contributed by atoms with E-state index >= 15 is 0 Å². The highest BCUT2D eigenvalue weighted by Gasteiger charge is 2.37. The first-order chi connectivity index (χ1) is 14.3. The van der Waals surface area contributed by atoms with Gasteiger partial charge in [-0.15, -0.1) is 0 Å². The number of hydrogen-bond donors (Lipinski definition) is 2. The Labute approximate surface area is 174 Å². The third-order valence-electron chi connectivity index (χ3n) is 4.72. The molecule has 0 spiro atoms. The van der Waals surface area contributed by atoms with Crippen LogP contribution in [-0.4, -0.2) is 54.8 Å². The van der Waals surface area contributed by atoms with Gasteiger partial charge in [-0.3, -0.25) is 24.1 Å². The van der Waals surface area contributed by atoms with Crippen molar-refractivity contribution in [1.82, 2.24) is 15.5 Å². The Morgan fingerprint density at radius 2 is 1.50 bits per heavy atom. The summed E-state index contributed by atoms with van der Waals surface area (Å²) in [6.45, 7) is 3.95. The average molecular weight is 409 g/mol. The van der Waals surface area contributed by atoms with Crippen LogP contribution < -0.4 is 15.4 Å². The van der Waals surface area contributed by atoms with E-state index in [4.69, 9.17) is 4.74 Å². The van der Waals surface area contributed by atoms with Gasteiger partial charge >= 0.3 is 0 Å². The van der Waals surface area contributed by atoms with Crippen LogP contribution in [-0.2, 0) is 0 Å². The molecular weight excluding hydrogens is 386 g/mol. The molecule has 0 saturated carbocycles. The Bertz CT molecular complexity index is 1020. The highest BCUT2D eigenvalue weighted by Crippen LogP contribution is 2.25. The molecule has 30 heavy (non-hydrogen) atoms. The zero-order valence-electron chi connectivity index (χ0n) is 17.0. The third-order valence-corrected chi connectivity index (χ3v) is 4.72. The van der Waals surface area contributed by atoms with Crippen molar-refractivity contribution in [2.45, 2.75) is 19.9 Å². The Morgan fingerprint density at radius 3 is 2.10 bits per heavy atom. The Hall–Kier alpha value is -3.68. The summed E-state index contributed by atoms with van der Waals surface area (Å²) in [5, 5.41) is 5.41. The number of carbonyl (C=O) groups excluding carboxylic acids is 4. The van der Waals surface area contributed by atoms with Crippen LogP contribution in [0.15, 0.2) is 42.5 Å². The van der Waals surface area contributed by atoms with Gasteiger partial charge in [-0.2, -0.15) is 0 Å². The number of rotatable bonds is 7.